The monoisotopic (exact) mass is 1600 g/mol. The molecule has 1 fully saturated rings. The largest absolute Gasteiger partial charge is 0.370 e. The van der Waals surface area contributed by atoms with Gasteiger partial charge in [0.25, 0.3) is 0 Å². The van der Waals surface area contributed by atoms with Crippen LogP contribution in [-0.2, 0) is 83.2 Å². The lowest BCUT2D eigenvalue weighted by molar-refractivity contribution is -0.135. The maximum Gasteiger partial charge on any atom is 0.243 e. The summed E-state index contributed by atoms with van der Waals surface area (Å²) in [7, 11) is 0. The predicted octanol–water partition coefficient (Wildman–Crippen LogP) is -3.71. The Kier molecular flexibility index (Phi) is 31.4. The number of H-pyrrole nitrogens is 4. The average Bonchev–Trinajstić information content (AvgIpc) is 1.65. The Hall–Kier alpha value is -14.2. The minimum atomic E-state index is -1.53. The fourth-order valence-corrected chi connectivity index (χ4v) is 13.3. The van der Waals surface area contributed by atoms with Gasteiger partial charge in [-0.2, -0.15) is 0 Å². The molecule has 0 saturated carbocycles. The van der Waals surface area contributed by atoms with Crippen molar-refractivity contribution in [1.29, 1.82) is 21.6 Å². The van der Waals surface area contributed by atoms with E-state index in [4.69, 9.17) is 44.6 Å². The number of para-hydroxylation sites is 4. The summed E-state index contributed by atoms with van der Waals surface area (Å²) in [4.78, 5) is 188. The van der Waals surface area contributed by atoms with Crippen LogP contribution in [0.15, 0.2) is 122 Å². The Morgan fingerprint density at radius 2 is 0.500 bits per heavy atom. The van der Waals surface area contributed by atoms with Gasteiger partial charge in [0, 0.05) is 120 Å². The molecule has 0 aliphatic carbocycles. The maximum absolute atomic E-state index is 15.6. The SMILES string of the molecule is N=C(N)NCCC[C@@H]1NC(=O)CNC(=O)CNC(=O)[C@H](Cc2c[nH]c3ccccc23)NC(=O)[C@H](Cc2c[nH]c3ccccc23)NC(=O)[C@H](Cc2c[nH]c3ccccc23)NC(=O)[C@H](Cc2c[nH]c3ccccc23)NC(=O)CNC(=O)CNC(=O)[C@H](CCCNC(=N)N)NC(=O)[C@H](CCCNC(=N)N)NC(=O)[C@H](CCCNC(=N)N)NC1=O. The van der Waals surface area contributed by atoms with Gasteiger partial charge in [-0.05, 0) is 97.9 Å². The zero-order valence-electron chi connectivity index (χ0n) is 63.5. The first-order chi connectivity index (χ1) is 55.7. The lowest BCUT2D eigenvalue weighted by Gasteiger charge is -2.27. The van der Waals surface area contributed by atoms with Crippen LogP contribution >= 0.6 is 0 Å². The van der Waals surface area contributed by atoms with E-state index in [9.17, 15) is 43.2 Å². The van der Waals surface area contributed by atoms with E-state index in [1.54, 1.807) is 97.6 Å². The molecule has 40 nitrogen and oxygen atoms in total. The number of hydrogen-bond donors (Lipinski definition) is 28. The van der Waals surface area contributed by atoms with Gasteiger partial charge in [-0.15, -0.1) is 0 Å². The molecule has 0 radical (unpaired) electrons. The van der Waals surface area contributed by atoms with Crippen LogP contribution in [0.25, 0.3) is 43.6 Å². The number of rotatable bonds is 24. The minimum Gasteiger partial charge on any atom is -0.370 e. The fraction of sp³-hybridized carbons (Fsp3) is 0.368. The van der Waals surface area contributed by atoms with Crippen molar-refractivity contribution < 1.29 is 57.5 Å². The van der Waals surface area contributed by atoms with Crippen LogP contribution in [0.4, 0.5) is 0 Å². The number of nitrogens with one attached hydrogen (secondary N) is 24. The number of amides is 12. The Bertz CT molecular complexity index is 4710. The van der Waals surface area contributed by atoms with E-state index in [0.717, 1.165) is 0 Å². The molecule has 4 aromatic carbocycles. The standard InChI is InChI=1S/C76H100N28O12/c77-73(78)85-25-9-21-53-65(109)95-37-61(105)94-40-64(108)98-58(30-42-34-90-50-18-6-2-14-46(42)50)70(114)103-60(32-44-36-92-52-20-8-4-16-48(44)52)72(116)104-59(31-43-35-91-51-19-7-3-15-47(43)51)71(115)102-57(29-41-33-89-49-17-5-1-13-45(41)49)66(110)96-38-62(106)93-39-63(107)97-54(22-10-26-86-74(79)80)67(111)100-56(24-12-28-88-76(83)84)69(113)101-55(68(112)99-53)23-11-27-87-75(81)82/h1-8,13-20,33-36,53-60,89-92H,9-12,21-32,37-40H2,(H,93,106)(H,94,105)(H,95,109)(H,96,110)(H,97,107)(H,98,108)(H,99,112)(H,100,111)(H,101,113)(H,102,115)(H,103,114)(H,104,116)(H4,77,78,85)(H4,79,80,86)(H4,81,82,87)(H4,83,84,88)/t53-,54-,55-,56-,57-,58-,59-,60-/m0/s1. The van der Waals surface area contributed by atoms with Crippen LogP contribution in [-0.4, -0.2) is 215 Å². The molecule has 8 aromatic rings. The number of aromatic amines is 4. The zero-order chi connectivity index (χ0) is 83.2. The van der Waals surface area contributed by atoms with Crippen LogP contribution in [0.3, 0.4) is 0 Å². The zero-order valence-corrected chi connectivity index (χ0v) is 63.5. The molecular formula is C76H100N28O12. The van der Waals surface area contributed by atoms with Crippen molar-refractivity contribution in [3.8, 4) is 0 Å². The summed E-state index contributed by atoms with van der Waals surface area (Å²) in [5.41, 5.74) is 27.2. The lowest BCUT2D eigenvalue weighted by Crippen LogP contribution is -2.60. The molecule has 0 unspecified atom stereocenters. The Morgan fingerprint density at radius 3 is 0.793 bits per heavy atom. The topological polar surface area (TPSA) is 660 Å². The Balaban J connectivity index is 1.07. The van der Waals surface area contributed by atoms with Crippen molar-refractivity contribution in [3.63, 3.8) is 0 Å². The molecule has 8 atom stereocenters. The van der Waals surface area contributed by atoms with Gasteiger partial charge in [0.2, 0.25) is 70.9 Å². The van der Waals surface area contributed by atoms with Crippen molar-refractivity contribution in [2.45, 2.75) is 125 Å². The number of hydrogen-bond acceptors (Lipinski definition) is 16. The van der Waals surface area contributed by atoms with Crippen molar-refractivity contribution in [1.82, 2.24) is 105 Å². The molecule has 1 aliphatic rings. The summed E-state index contributed by atoms with van der Waals surface area (Å²) in [6.07, 6.45) is 5.44. The molecule has 1 aliphatic heterocycles. The van der Waals surface area contributed by atoms with Gasteiger partial charge < -0.3 is 128 Å². The Morgan fingerprint density at radius 1 is 0.284 bits per heavy atom. The summed E-state index contributed by atoms with van der Waals surface area (Å²) in [5, 5.41) is 75.6. The van der Waals surface area contributed by atoms with Gasteiger partial charge in [-0.3, -0.25) is 79.2 Å². The second kappa shape index (κ2) is 42.4. The first kappa shape index (κ1) is 85.8. The molecule has 116 heavy (non-hydrogen) atoms. The van der Waals surface area contributed by atoms with E-state index >= 15 is 14.4 Å². The van der Waals surface area contributed by atoms with E-state index in [2.05, 4.69) is 105 Å². The van der Waals surface area contributed by atoms with Crippen molar-refractivity contribution >= 4 is 138 Å². The number of guanidine groups is 4. The third-order valence-corrected chi connectivity index (χ3v) is 19.2. The molecule has 40 heteroatoms. The minimum absolute atomic E-state index is 0.0132. The normalized spacial score (nSPS) is 20.1. The van der Waals surface area contributed by atoms with Gasteiger partial charge in [0.1, 0.15) is 48.3 Å². The van der Waals surface area contributed by atoms with Crippen molar-refractivity contribution in [3.05, 3.63) is 144 Å². The molecule has 32 N–H and O–H groups in total. The number of carbonyl (C=O) groups excluding carboxylic acids is 12. The van der Waals surface area contributed by atoms with Gasteiger partial charge in [0.15, 0.2) is 23.8 Å². The quantitative estimate of drug-likeness (QED) is 0.0157. The van der Waals surface area contributed by atoms with E-state index in [-0.39, 0.29) is 103 Å². The molecular weight excluding hydrogens is 1500 g/mol. The first-order valence-electron chi connectivity index (χ1n) is 37.8. The average molecular weight is 1600 g/mol. The molecule has 9 rings (SSSR count). The summed E-state index contributed by atoms with van der Waals surface area (Å²) in [6, 6.07) is 16.8. The fourth-order valence-electron chi connectivity index (χ4n) is 13.3. The second-order valence-corrected chi connectivity index (χ2v) is 27.8. The maximum atomic E-state index is 15.6. The number of nitrogens with two attached hydrogens (primary N) is 4. The highest BCUT2D eigenvalue weighted by molar-refractivity contribution is 6.01. The molecule has 1 saturated heterocycles. The van der Waals surface area contributed by atoms with Crippen molar-refractivity contribution in [2.24, 2.45) is 22.9 Å². The van der Waals surface area contributed by atoms with Crippen molar-refractivity contribution in [2.75, 3.05) is 52.4 Å². The number of fused-ring (bicyclic) bond motifs is 4. The number of carbonyl (C=O) groups is 12. The van der Waals surface area contributed by atoms with E-state index in [1.165, 1.54) is 0 Å². The van der Waals surface area contributed by atoms with E-state index in [0.29, 0.717) is 65.9 Å². The van der Waals surface area contributed by atoms with Crippen LogP contribution in [0.2, 0.25) is 0 Å². The first-order valence-corrected chi connectivity index (χ1v) is 37.8. The number of benzene rings is 4. The van der Waals surface area contributed by atoms with Crippen LogP contribution in [0, 0.1) is 21.6 Å². The molecule has 0 bridgehead atoms. The van der Waals surface area contributed by atoms with Gasteiger partial charge >= 0.3 is 0 Å². The molecule has 5 heterocycles. The van der Waals surface area contributed by atoms with E-state index < -0.39 is 169 Å². The Labute approximate surface area is 664 Å². The molecule has 4 aromatic heterocycles. The second-order valence-electron chi connectivity index (χ2n) is 27.8. The highest BCUT2D eigenvalue weighted by atomic mass is 16.2. The lowest BCUT2D eigenvalue weighted by atomic mass is 9.99. The number of aromatic nitrogens is 4. The summed E-state index contributed by atoms with van der Waals surface area (Å²) in [5.74, 6) is -12.6. The predicted molar refractivity (Wildman–Crippen MR) is 432 cm³/mol. The molecule has 12 amide bonds. The highest BCUT2D eigenvalue weighted by Crippen LogP contribution is 2.25. The smallest absolute Gasteiger partial charge is 0.243 e. The summed E-state index contributed by atoms with van der Waals surface area (Å²) < 4.78 is 0. The van der Waals surface area contributed by atoms with E-state index in [1.807, 2.05) is 24.3 Å². The summed E-state index contributed by atoms with van der Waals surface area (Å²) in [6.45, 7) is -3.04. The van der Waals surface area contributed by atoms with Gasteiger partial charge in [-0.25, -0.2) is 0 Å². The molecule has 616 valence electrons. The van der Waals surface area contributed by atoms with Gasteiger partial charge in [0.05, 0.1) is 26.2 Å². The van der Waals surface area contributed by atoms with Crippen LogP contribution in [0.5, 0.6) is 0 Å². The molecule has 0 spiro atoms. The summed E-state index contributed by atoms with van der Waals surface area (Å²) >= 11 is 0. The third-order valence-electron chi connectivity index (χ3n) is 19.2. The van der Waals surface area contributed by atoms with Crippen LogP contribution < -0.4 is 108 Å². The van der Waals surface area contributed by atoms with Crippen LogP contribution in [0.1, 0.15) is 73.6 Å². The third kappa shape index (κ3) is 25.9. The van der Waals surface area contributed by atoms with Gasteiger partial charge in [-0.1, -0.05) is 72.8 Å². The highest BCUT2D eigenvalue weighted by Gasteiger charge is 2.36.